The molecule has 0 spiro atoms. The van der Waals surface area contributed by atoms with Gasteiger partial charge in [-0.05, 0) is 45.2 Å². The zero-order valence-electron chi connectivity index (χ0n) is 13.8. The molecule has 1 atom stereocenters. The van der Waals surface area contributed by atoms with Crippen LogP contribution in [0.1, 0.15) is 41.0 Å². The number of hydrogen-bond donors (Lipinski definition) is 1. The molecule has 1 aliphatic heterocycles. The second-order valence-corrected chi connectivity index (χ2v) is 6.12. The van der Waals surface area contributed by atoms with Crippen LogP contribution in [0.2, 0.25) is 0 Å². The number of likely N-dealkylation sites (tertiary alicyclic amines) is 1. The highest BCUT2D eigenvalue weighted by Crippen LogP contribution is 2.21. The zero-order chi connectivity index (χ0) is 17.3. The average molecular weight is 328 g/mol. The van der Waals surface area contributed by atoms with Crippen molar-refractivity contribution in [2.24, 2.45) is 0 Å². The third-order valence-corrected chi connectivity index (χ3v) is 4.42. The summed E-state index contributed by atoms with van der Waals surface area (Å²) in [6.07, 6.45) is 2.10. The summed E-state index contributed by atoms with van der Waals surface area (Å²) < 4.78 is 1.60. The van der Waals surface area contributed by atoms with Crippen molar-refractivity contribution in [2.75, 3.05) is 6.54 Å². The van der Waals surface area contributed by atoms with Crippen LogP contribution in [0.4, 0.5) is 0 Å². The Hall–Kier alpha value is -2.70. The lowest BCUT2D eigenvalue weighted by atomic mass is 10.0. The molecule has 1 aliphatic rings. The van der Waals surface area contributed by atoms with Gasteiger partial charge in [-0.25, -0.2) is 9.48 Å². The first-order valence-electron chi connectivity index (χ1n) is 8.02. The minimum absolute atomic E-state index is 0.212. The number of piperidine rings is 1. The quantitative estimate of drug-likeness (QED) is 0.930. The molecule has 1 amide bonds. The molecule has 1 fully saturated rings. The van der Waals surface area contributed by atoms with Crippen LogP contribution in [-0.4, -0.2) is 49.5 Å². The zero-order valence-corrected chi connectivity index (χ0v) is 13.8. The third-order valence-electron chi connectivity index (χ3n) is 4.42. The van der Waals surface area contributed by atoms with Gasteiger partial charge in [0.2, 0.25) is 0 Å². The summed E-state index contributed by atoms with van der Waals surface area (Å²) in [6.45, 7) is 4.20. The van der Waals surface area contributed by atoms with Gasteiger partial charge in [0.15, 0.2) is 5.69 Å². The van der Waals surface area contributed by atoms with Gasteiger partial charge in [-0.1, -0.05) is 22.9 Å². The Kier molecular flexibility index (Phi) is 4.33. The third kappa shape index (κ3) is 2.89. The van der Waals surface area contributed by atoms with Crippen molar-refractivity contribution in [1.82, 2.24) is 19.9 Å². The Morgan fingerprint density at radius 3 is 2.54 bits per heavy atom. The highest BCUT2D eigenvalue weighted by Gasteiger charge is 2.34. The second kappa shape index (κ2) is 6.43. The molecular weight excluding hydrogens is 308 g/mol. The van der Waals surface area contributed by atoms with E-state index in [0.717, 1.165) is 24.1 Å². The summed E-state index contributed by atoms with van der Waals surface area (Å²) >= 11 is 0. The molecule has 0 radical (unpaired) electrons. The topological polar surface area (TPSA) is 88.3 Å². The average Bonchev–Trinajstić information content (AvgIpc) is 2.96. The van der Waals surface area contributed by atoms with Gasteiger partial charge in [0.25, 0.3) is 5.91 Å². The van der Waals surface area contributed by atoms with E-state index in [1.54, 1.807) is 11.6 Å². The summed E-state index contributed by atoms with van der Waals surface area (Å²) in [6, 6.07) is 6.96. The number of benzene rings is 1. The fourth-order valence-corrected chi connectivity index (χ4v) is 3.03. The molecule has 1 N–H and O–H groups in total. The molecule has 0 bridgehead atoms. The number of aryl methyl sites for hydroxylation is 1. The number of amides is 1. The number of carbonyl (C=O) groups excluding carboxylic acids is 1. The summed E-state index contributed by atoms with van der Waals surface area (Å²) in [5.41, 5.74) is 2.77. The van der Waals surface area contributed by atoms with Crippen molar-refractivity contribution >= 4 is 11.9 Å². The first-order chi connectivity index (χ1) is 11.5. The molecule has 2 heterocycles. The van der Waals surface area contributed by atoms with Crippen molar-refractivity contribution in [3.05, 3.63) is 41.2 Å². The molecule has 0 saturated carbocycles. The van der Waals surface area contributed by atoms with Crippen LogP contribution in [0, 0.1) is 13.8 Å². The number of carbonyl (C=O) groups is 2. The Morgan fingerprint density at radius 2 is 1.88 bits per heavy atom. The summed E-state index contributed by atoms with van der Waals surface area (Å²) in [4.78, 5) is 25.6. The van der Waals surface area contributed by atoms with Crippen molar-refractivity contribution < 1.29 is 14.7 Å². The normalized spacial score (nSPS) is 17.8. The van der Waals surface area contributed by atoms with E-state index < -0.39 is 12.0 Å². The van der Waals surface area contributed by atoms with E-state index in [2.05, 4.69) is 10.3 Å². The van der Waals surface area contributed by atoms with Crippen molar-refractivity contribution in [2.45, 2.75) is 39.2 Å². The molecule has 2 aromatic rings. The number of rotatable bonds is 3. The minimum atomic E-state index is -0.966. The van der Waals surface area contributed by atoms with Crippen LogP contribution in [0.15, 0.2) is 24.3 Å². The molecule has 0 aliphatic carbocycles. The Balaban J connectivity index is 1.91. The minimum Gasteiger partial charge on any atom is -0.480 e. The Morgan fingerprint density at radius 1 is 1.17 bits per heavy atom. The highest BCUT2D eigenvalue weighted by atomic mass is 16.4. The highest BCUT2D eigenvalue weighted by molar-refractivity contribution is 5.96. The summed E-state index contributed by atoms with van der Waals surface area (Å²) in [5.74, 6) is -1.33. The van der Waals surface area contributed by atoms with E-state index in [1.165, 1.54) is 4.90 Å². The molecule has 126 valence electrons. The smallest absolute Gasteiger partial charge is 0.326 e. The molecule has 1 aromatic carbocycles. The van der Waals surface area contributed by atoms with Crippen LogP contribution in [0.5, 0.6) is 0 Å². The fourth-order valence-electron chi connectivity index (χ4n) is 3.03. The standard InChI is InChI=1S/C17H20N4O3/c1-11-6-8-13(9-7-11)21-12(2)15(18-19-21)16(22)20-10-4-3-5-14(20)17(23)24/h6-9,14H,3-5,10H2,1-2H3,(H,23,24). The predicted molar refractivity (Wildman–Crippen MR) is 87.1 cm³/mol. The largest absolute Gasteiger partial charge is 0.480 e. The van der Waals surface area contributed by atoms with Crippen LogP contribution in [-0.2, 0) is 4.79 Å². The lowest BCUT2D eigenvalue weighted by Crippen LogP contribution is -2.48. The van der Waals surface area contributed by atoms with Gasteiger partial charge in [-0.2, -0.15) is 0 Å². The Bertz CT molecular complexity index is 767. The van der Waals surface area contributed by atoms with Crippen LogP contribution >= 0.6 is 0 Å². The molecular formula is C17H20N4O3. The molecule has 1 aromatic heterocycles. The van der Waals surface area contributed by atoms with E-state index >= 15 is 0 Å². The molecule has 24 heavy (non-hydrogen) atoms. The molecule has 1 unspecified atom stereocenters. The number of nitrogens with zero attached hydrogens (tertiary/aromatic N) is 4. The second-order valence-electron chi connectivity index (χ2n) is 6.12. The maximum atomic E-state index is 12.8. The number of hydrogen-bond acceptors (Lipinski definition) is 4. The summed E-state index contributed by atoms with van der Waals surface area (Å²) in [5, 5.41) is 17.4. The first-order valence-corrected chi connectivity index (χ1v) is 8.02. The summed E-state index contributed by atoms with van der Waals surface area (Å²) in [7, 11) is 0. The van der Waals surface area contributed by atoms with E-state index in [-0.39, 0.29) is 11.6 Å². The molecule has 7 heteroatoms. The van der Waals surface area contributed by atoms with Gasteiger partial charge >= 0.3 is 5.97 Å². The van der Waals surface area contributed by atoms with Crippen LogP contribution < -0.4 is 0 Å². The number of aliphatic carboxylic acids is 1. The van der Waals surface area contributed by atoms with Crippen molar-refractivity contribution in [3.63, 3.8) is 0 Å². The van der Waals surface area contributed by atoms with Crippen molar-refractivity contribution in [3.8, 4) is 5.69 Å². The van der Waals surface area contributed by atoms with E-state index in [4.69, 9.17) is 0 Å². The van der Waals surface area contributed by atoms with E-state index in [9.17, 15) is 14.7 Å². The number of carboxylic acid groups (broad SMARTS) is 1. The number of aromatic nitrogens is 3. The van der Waals surface area contributed by atoms with E-state index in [0.29, 0.717) is 18.7 Å². The predicted octanol–water partition coefficient (Wildman–Crippen LogP) is 1.96. The van der Waals surface area contributed by atoms with Gasteiger partial charge in [-0.15, -0.1) is 5.10 Å². The fraction of sp³-hybridized carbons (Fsp3) is 0.412. The maximum absolute atomic E-state index is 12.8. The molecule has 1 saturated heterocycles. The van der Waals surface area contributed by atoms with Gasteiger partial charge in [-0.3, -0.25) is 4.79 Å². The molecule has 3 rings (SSSR count). The monoisotopic (exact) mass is 328 g/mol. The van der Waals surface area contributed by atoms with Gasteiger partial charge in [0.1, 0.15) is 6.04 Å². The SMILES string of the molecule is Cc1ccc(-n2nnc(C(=O)N3CCCCC3C(=O)O)c2C)cc1. The first kappa shape index (κ1) is 16.2. The molecule has 7 nitrogen and oxygen atoms in total. The van der Waals surface area contributed by atoms with Gasteiger partial charge in [0.05, 0.1) is 11.4 Å². The van der Waals surface area contributed by atoms with Crippen LogP contribution in [0.3, 0.4) is 0 Å². The lowest BCUT2D eigenvalue weighted by Gasteiger charge is -2.32. The van der Waals surface area contributed by atoms with E-state index in [1.807, 2.05) is 31.2 Å². The lowest BCUT2D eigenvalue weighted by molar-refractivity contribution is -0.143. The van der Waals surface area contributed by atoms with Gasteiger partial charge < -0.3 is 10.0 Å². The number of carboxylic acids is 1. The Labute approximate surface area is 139 Å². The van der Waals surface area contributed by atoms with Crippen LogP contribution in [0.25, 0.3) is 5.69 Å². The maximum Gasteiger partial charge on any atom is 0.326 e. The van der Waals surface area contributed by atoms with Gasteiger partial charge in [0, 0.05) is 6.54 Å². The van der Waals surface area contributed by atoms with Crippen molar-refractivity contribution in [1.29, 1.82) is 0 Å².